The number of carbonyl (C=O) groups is 2. The molecule has 2 aliphatic heterocycles. The molecule has 2 amide bonds. The van der Waals surface area contributed by atoms with Crippen LogP contribution in [0.4, 0.5) is 5.69 Å². The van der Waals surface area contributed by atoms with Crippen LogP contribution in [-0.2, 0) is 25.8 Å². The van der Waals surface area contributed by atoms with Crippen molar-refractivity contribution in [1.29, 1.82) is 0 Å². The number of nitrogens with one attached hydrogen (secondary N) is 1. The van der Waals surface area contributed by atoms with Crippen LogP contribution in [0.2, 0.25) is 0 Å². The average Bonchev–Trinajstić information content (AvgIpc) is 3.01. The van der Waals surface area contributed by atoms with Crippen molar-refractivity contribution in [2.75, 3.05) is 23.0 Å². The quantitative estimate of drug-likeness (QED) is 0.733. The number of sulfone groups is 1. The highest BCUT2D eigenvalue weighted by Gasteiger charge is 2.33. The van der Waals surface area contributed by atoms with Gasteiger partial charge in [0, 0.05) is 18.3 Å². The third kappa shape index (κ3) is 2.78. The number of rotatable bonds is 1. The lowest BCUT2D eigenvalue weighted by Crippen LogP contribution is -2.46. The van der Waals surface area contributed by atoms with Gasteiger partial charge in [-0.25, -0.2) is 8.42 Å². The smallest absolute Gasteiger partial charge is 0.316 e. The van der Waals surface area contributed by atoms with Crippen LogP contribution in [-0.4, -0.2) is 44.3 Å². The van der Waals surface area contributed by atoms with Crippen molar-refractivity contribution in [3.05, 3.63) is 29.8 Å². The first kappa shape index (κ1) is 14.1. The molecule has 1 saturated heterocycles. The summed E-state index contributed by atoms with van der Waals surface area (Å²) in [5, 5.41) is 2.53. The second-order valence-corrected chi connectivity index (χ2v) is 7.64. The number of benzene rings is 1. The van der Waals surface area contributed by atoms with Gasteiger partial charge in [0.05, 0.1) is 11.5 Å². The van der Waals surface area contributed by atoms with Crippen LogP contribution in [0.3, 0.4) is 0 Å². The number of nitrogens with zero attached hydrogens (tertiary/aromatic N) is 1. The van der Waals surface area contributed by atoms with Crippen molar-refractivity contribution in [2.45, 2.75) is 18.9 Å². The summed E-state index contributed by atoms with van der Waals surface area (Å²) in [7, 11) is -3.07. The van der Waals surface area contributed by atoms with E-state index in [1.54, 1.807) is 0 Å². The number of anilines is 1. The molecule has 0 saturated carbocycles. The molecule has 1 unspecified atom stereocenters. The van der Waals surface area contributed by atoms with Gasteiger partial charge < -0.3 is 10.2 Å². The molecule has 1 aromatic carbocycles. The maximum Gasteiger partial charge on any atom is 0.316 e. The van der Waals surface area contributed by atoms with Gasteiger partial charge in [-0.2, -0.15) is 0 Å². The molecule has 0 spiro atoms. The standard InChI is InChI=1S/C14H16N2O4S/c17-13(15-11-6-8-21(19,20)9-11)14(18)16-7-5-10-3-1-2-4-12(10)16/h1-4,11H,5-9H2,(H,15,17). The summed E-state index contributed by atoms with van der Waals surface area (Å²) in [6, 6.07) is 7.02. The van der Waals surface area contributed by atoms with Gasteiger partial charge in [0.1, 0.15) is 0 Å². The average molecular weight is 308 g/mol. The predicted molar refractivity (Wildman–Crippen MR) is 77.7 cm³/mol. The zero-order valence-electron chi connectivity index (χ0n) is 11.4. The van der Waals surface area contributed by atoms with Crippen LogP contribution < -0.4 is 10.2 Å². The van der Waals surface area contributed by atoms with Crippen LogP contribution in [0.5, 0.6) is 0 Å². The largest absolute Gasteiger partial charge is 0.344 e. The first-order chi connectivity index (χ1) is 9.96. The Hall–Kier alpha value is -1.89. The number of fused-ring (bicyclic) bond motifs is 1. The molecule has 1 atom stereocenters. The number of amides is 2. The van der Waals surface area contributed by atoms with Gasteiger partial charge in [-0.3, -0.25) is 9.59 Å². The summed E-state index contributed by atoms with van der Waals surface area (Å²) in [5.74, 6) is -1.36. The fourth-order valence-corrected chi connectivity index (χ4v) is 4.50. The van der Waals surface area contributed by atoms with Gasteiger partial charge in [0.25, 0.3) is 0 Å². The molecular formula is C14H16N2O4S. The number of para-hydroxylation sites is 1. The molecule has 7 heteroatoms. The molecule has 0 bridgehead atoms. The highest BCUT2D eigenvalue weighted by molar-refractivity contribution is 7.91. The van der Waals surface area contributed by atoms with E-state index in [0.717, 1.165) is 17.7 Å². The zero-order valence-corrected chi connectivity index (χ0v) is 12.2. The molecule has 112 valence electrons. The summed E-state index contributed by atoms with van der Waals surface area (Å²) in [6.07, 6.45) is 1.10. The molecule has 3 rings (SSSR count). The number of hydrogen-bond donors (Lipinski definition) is 1. The molecule has 1 fully saturated rings. The predicted octanol–water partition coefficient (Wildman–Crippen LogP) is -0.121. The minimum atomic E-state index is -3.07. The second kappa shape index (κ2) is 5.14. The van der Waals surface area contributed by atoms with E-state index in [4.69, 9.17) is 0 Å². The molecule has 0 aromatic heterocycles. The highest BCUT2D eigenvalue weighted by Crippen LogP contribution is 2.27. The van der Waals surface area contributed by atoms with E-state index in [1.165, 1.54) is 4.90 Å². The summed E-state index contributed by atoms with van der Waals surface area (Å²) in [6.45, 7) is 0.481. The number of hydrogen-bond acceptors (Lipinski definition) is 4. The fourth-order valence-electron chi connectivity index (χ4n) is 2.83. The summed E-state index contributed by atoms with van der Waals surface area (Å²) >= 11 is 0. The van der Waals surface area contributed by atoms with Crippen LogP contribution in [0.15, 0.2) is 24.3 Å². The first-order valence-electron chi connectivity index (χ1n) is 6.87. The van der Waals surface area contributed by atoms with E-state index >= 15 is 0 Å². The Kier molecular flexibility index (Phi) is 3.44. The summed E-state index contributed by atoms with van der Waals surface area (Å²) in [4.78, 5) is 25.7. The minimum absolute atomic E-state index is 0.0681. The lowest BCUT2D eigenvalue weighted by atomic mass is 10.2. The van der Waals surface area contributed by atoms with Crippen LogP contribution >= 0.6 is 0 Å². The van der Waals surface area contributed by atoms with Crippen LogP contribution in [0.25, 0.3) is 0 Å². The molecule has 2 heterocycles. The van der Waals surface area contributed by atoms with E-state index in [9.17, 15) is 18.0 Å². The van der Waals surface area contributed by atoms with Gasteiger partial charge in [-0.15, -0.1) is 0 Å². The molecule has 2 aliphatic rings. The Morgan fingerprint density at radius 3 is 2.71 bits per heavy atom. The van der Waals surface area contributed by atoms with Gasteiger partial charge in [0.15, 0.2) is 9.84 Å². The lowest BCUT2D eigenvalue weighted by Gasteiger charge is -2.18. The highest BCUT2D eigenvalue weighted by atomic mass is 32.2. The normalized spacial score (nSPS) is 22.9. The zero-order chi connectivity index (χ0) is 15.0. The minimum Gasteiger partial charge on any atom is -0.344 e. The van der Waals surface area contributed by atoms with E-state index in [2.05, 4.69) is 5.32 Å². The number of carbonyl (C=O) groups excluding carboxylic acids is 2. The van der Waals surface area contributed by atoms with Gasteiger partial charge in [-0.1, -0.05) is 18.2 Å². The van der Waals surface area contributed by atoms with E-state index in [-0.39, 0.29) is 11.5 Å². The molecule has 1 aromatic rings. The molecule has 0 radical (unpaired) electrons. The van der Waals surface area contributed by atoms with Crippen LogP contribution in [0.1, 0.15) is 12.0 Å². The SMILES string of the molecule is O=C(NC1CCS(=O)(=O)C1)C(=O)N1CCc2ccccc21. The van der Waals surface area contributed by atoms with Crippen molar-refractivity contribution in [2.24, 2.45) is 0 Å². The molecule has 1 N–H and O–H groups in total. The monoisotopic (exact) mass is 308 g/mol. The Morgan fingerprint density at radius 2 is 2.00 bits per heavy atom. The van der Waals surface area contributed by atoms with Gasteiger partial charge in [0.2, 0.25) is 0 Å². The topological polar surface area (TPSA) is 83.5 Å². The van der Waals surface area contributed by atoms with Crippen molar-refractivity contribution >= 4 is 27.3 Å². The van der Waals surface area contributed by atoms with E-state index in [0.29, 0.717) is 13.0 Å². The van der Waals surface area contributed by atoms with Gasteiger partial charge in [-0.05, 0) is 24.5 Å². The van der Waals surface area contributed by atoms with Crippen molar-refractivity contribution < 1.29 is 18.0 Å². The molecular weight excluding hydrogens is 292 g/mol. The van der Waals surface area contributed by atoms with Crippen molar-refractivity contribution in [3.63, 3.8) is 0 Å². The summed E-state index contributed by atoms with van der Waals surface area (Å²) in [5.41, 5.74) is 1.80. The van der Waals surface area contributed by atoms with E-state index < -0.39 is 27.7 Å². The Labute approximate surface area is 123 Å². The van der Waals surface area contributed by atoms with Crippen molar-refractivity contribution in [3.8, 4) is 0 Å². The third-order valence-electron chi connectivity index (χ3n) is 3.89. The second-order valence-electron chi connectivity index (χ2n) is 5.41. The molecule has 21 heavy (non-hydrogen) atoms. The van der Waals surface area contributed by atoms with E-state index in [1.807, 2.05) is 24.3 Å². The molecule has 6 nitrogen and oxygen atoms in total. The Morgan fingerprint density at radius 1 is 1.24 bits per heavy atom. The third-order valence-corrected chi connectivity index (χ3v) is 5.66. The van der Waals surface area contributed by atoms with Crippen LogP contribution in [0, 0.1) is 0 Å². The maximum atomic E-state index is 12.2. The summed E-state index contributed by atoms with van der Waals surface area (Å²) < 4.78 is 22.7. The first-order valence-corrected chi connectivity index (χ1v) is 8.69. The Balaban J connectivity index is 1.68. The van der Waals surface area contributed by atoms with Gasteiger partial charge >= 0.3 is 11.8 Å². The lowest BCUT2D eigenvalue weighted by molar-refractivity contribution is -0.137. The van der Waals surface area contributed by atoms with Crippen molar-refractivity contribution in [1.82, 2.24) is 5.32 Å². The maximum absolute atomic E-state index is 12.2. The Bertz CT molecular complexity index is 699. The molecule has 0 aliphatic carbocycles. The fraction of sp³-hybridized carbons (Fsp3) is 0.429.